The van der Waals surface area contributed by atoms with Crippen LogP contribution in [-0.2, 0) is 17.9 Å². The number of rotatable bonds is 7. The van der Waals surface area contributed by atoms with Crippen LogP contribution in [0, 0.1) is 0 Å². The van der Waals surface area contributed by atoms with E-state index in [0.29, 0.717) is 18.1 Å². The van der Waals surface area contributed by atoms with Gasteiger partial charge in [-0.05, 0) is 43.0 Å². The van der Waals surface area contributed by atoms with Crippen molar-refractivity contribution < 1.29 is 4.79 Å². The quantitative estimate of drug-likeness (QED) is 0.616. The number of fused-ring (bicyclic) bond motifs is 1. The molecule has 0 bridgehead atoms. The minimum absolute atomic E-state index is 0.119. The van der Waals surface area contributed by atoms with Crippen molar-refractivity contribution in [2.45, 2.75) is 29.9 Å². The first kappa shape index (κ1) is 19.5. The van der Waals surface area contributed by atoms with Crippen LogP contribution in [0.25, 0.3) is 11.0 Å². The summed E-state index contributed by atoms with van der Waals surface area (Å²) in [5.74, 6) is 0.0408. The van der Waals surface area contributed by atoms with Crippen molar-refractivity contribution in [1.82, 2.24) is 14.9 Å². The molecule has 27 heavy (non-hydrogen) atoms. The standard InChI is InChI=1S/C20H21N3O2S2/c1-3-23-17-7-5-4-6-16(17)22-19(20(23)25)27-13-18(24)21-12-14-8-10-15(26-2)11-9-14/h4-11H,3,12-13H2,1-2H3,(H,21,24). The van der Waals surface area contributed by atoms with E-state index in [1.165, 1.54) is 16.7 Å². The Kier molecular flexibility index (Phi) is 6.58. The summed E-state index contributed by atoms with van der Waals surface area (Å²) in [5, 5.41) is 3.25. The lowest BCUT2D eigenvalue weighted by atomic mass is 10.2. The first-order valence-electron chi connectivity index (χ1n) is 8.64. The van der Waals surface area contributed by atoms with Gasteiger partial charge in [-0.15, -0.1) is 11.8 Å². The number of para-hydroxylation sites is 2. The van der Waals surface area contributed by atoms with Crippen LogP contribution in [0.1, 0.15) is 12.5 Å². The van der Waals surface area contributed by atoms with Crippen LogP contribution in [0.5, 0.6) is 0 Å². The first-order chi connectivity index (χ1) is 13.1. The third kappa shape index (κ3) is 4.73. The smallest absolute Gasteiger partial charge is 0.283 e. The third-order valence-electron chi connectivity index (χ3n) is 4.13. The predicted molar refractivity (Wildman–Crippen MR) is 112 cm³/mol. The predicted octanol–water partition coefficient (Wildman–Crippen LogP) is 3.55. The van der Waals surface area contributed by atoms with E-state index in [2.05, 4.69) is 10.3 Å². The van der Waals surface area contributed by atoms with E-state index in [1.54, 1.807) is 16.3 Å². The molecule has 2 aromatic carbocycles. The van der Waals surface area contributed by atoms with E-state index in [9.17, 15) is 9.59 Å². The molecule has 1 N–H and O–H groups in total. The van der Waals surface area contributed by atoms with Gasteiger partial charge in [0.2, 0.25) is 5.91 Å². The van der Waals surface area contributed by atoms with Crippen LogP contribution in [0.3, 0.4) is 0 Å². The molecule has 0 spiro atoms. The summed E-state index contributed by atoms with van der Waals surface area (Å²) in [6.45, 7) is 2.96. The molecule has 0 atom stereocenters. The highest BCUT2D eigenvalue weighted by atomic mass is 32.2. The van der Waals surface area contributed by atoms with E-state index >= 15 is 0 Å². The van der Waals surface area contributed by atoms with Gasteiger partial charge in [-0.1, -0.05) is 36.0 Å². The number of carbonyl (C=O) groups excluding carboxylic acids is 1. The van der Waals surface area contributed by atoms with Crippen LogP contribution >= 0.6 is 23.5 Å². The zero-order valence-electron chi connectivity index (χ0n) is 15.3. The Labute approximate surface area is 166 Å². The van der Waals surface area contributed by atoms with Gasteiger partial charge in [-0.25, -0.2) is 4.98 Å². The van der Waals surface area contributed by atoms with Gasteiger partial charge in [0, 0.05) is 18.0 Å². The Morgan fingerprint density at radius 2 is 1.89 bits per heavy atom. The molecule has 0 radical (unpaired) electrons. The lowest BCUT2D eigenvalue weighted by Crippen LogP contribution is -2.26. The molecule has 3 rings (SSSR count). The second-order valence-electron chi connectivity index (χ2n) is 5.87. The molecule has 0 saturated carbocycles. The molecule has 7 heteroatoms. The molecule has 1 aromatic heterocycles. The zero-order chi connectivity index (χ0) is 19.2. The maximum absolute atomic E-state index is 12.6. The number of amides is 1. The molecule has 5 nitrogen and oxygen atoms in total. The number of carbonyl (C=O) groups is 1. The first-order valence-corrected chi connectivity index (χ1v) is 10.9. The van der Waals surface area contributed by atoms with Gasteiger partial charge >= 0.3 is 0 Å². The highest BCUT2D eigenvalue weighted by Gasteiger charge is 2.12. The minimum Gasteiger partial charge on any atom is -0.351 e. The summed E-state index contributed by atoms with van der Waals surface area (Å²) in [7, 11) is 0. The Bertz CT molecular complexity index is 1000. The lowest BCUT2D eigenvalue weighted by molar-refractivity contribution is -0.118. The van der Waals surface area contributed by atoms with E-state index in [-0.39, 0.29) is 17.2 Å². The number of aromatic nitrogens is 2. The van der Waals surface area contributed by atoms with Crippen molar-refractivity contribution in [3.05, 3.63) is 64.4 Å². The number of nitrogens with zero attached hydrogens (tertiary/aromatic N) is 2. The van der Waals surface area contributed by atoms with E-state index < -0.39 is 0 Å². The van der Waals surface area contributed by atoms with Crippen molar-refractivity contribution >= 4 is 40.5 Å². The fourth-order valence-corrected chi connectivity index (χ4v) is 3.88. The number of hydrogen-bond acceptors (Lipinski definition) is 5. The Hall–Kier alpha value is -2.25. The molecule has 1 heterocycles. The highest BCUT2D eigenvalue weighted by molar-refractivity contribution is 7.99. The summed E-state index contributed by atoms with van der Waals surface area (Å²) >= 11 is 2.86. The Morgan fingerprint density at radius 3 is 2.59 bits per heavy atom. The summed E-state index contributed by atoms with van der Waals surface area (Å²) in [5.41, 5.74) is 2.47. The van der Waals surface area contributed by atoms with Crippen LogP contribution in [0.4, 0.5) is 0 Å². The minimum atomic E-state index is -0.151. The van der Waals surface area contributed by atoms with Gasteiger partial charge < -0.3 is 9.88 Å². The van der Waals surface area contributed by atoms with Crippen molar-refractivity contribution in [2.24, 2.45) is 0 Å². The van der Waals surface area contributed by atoms with Crippen molar-refractivity contribution in [3.8, 4) is 0 Å². The molecule has 1 amide bonds. The molecule has 0 aliphatic carbocycles. The molecule has 3 aromatic rings. The third-order valence-corrected chi connectivity index (χ3v) is 5.82. The maximum atomic E-state index is 12.6. The summed E-state index contributed by atoms with van der Waals surface area (Å²) in [6.07, 6.45) is 2.03. The molecular weight excluding hydrogens is 378 g/mol. The molecule has 0 saturated heterocycles. The summed E-state index contributed by atoms with van der Waals surface area (Å²) < 4.78 is 1.69. The van der Waals surface area contributed by atoms with Gasteiger partial charge in [0.25, 0.3) is 5.56 Å². The van der Waals surface area contributed by atoms with E-state index in [0.717, 1.165) is 16.6 Å². The molecule has 0 aliphatic rings. The number of nitrogens with one attached hydrogen (secondary N) is 1. The highest BCUT2D eigenvalue weighted by Crippen LogP contribution is 2.17. The van der Waals surface area contributed by atoms with Gasteiger partial charge in [0.15, 0.2) is 5.03 Å². The SMILES string of the molecule is CCn1c(=O)c(SCC(=O)NCc2ccc(SC)cc2)nc2ccccc21. The fraction of sp³-hybridized carbons (Fsp3) is 0.250. The topological polar surface area (TPSA) is 64.0 Å². The van der Waals surface area contributed by atoms with Gasteiger partial charge in [0.05, 0.1) is 16.8 Å². The number of hydrogen-bond donors (Lipinski definition) is 1. The van der Waals surface area contributed by atoms with E-state index in [4.69, 9.17) is 0 Å². The van der Waals surface area contributed by atoms with Crippen molar-refractivity contribution in [3.63, 3.8) is 0 Å². The molecular formula is C20H21N3O2S2. The number of aryl methyl sites for hydroxylation is 1. The van der Waals surface area contributed by atoms with E-state index in [1.807, 2.05) is 61.7 Å². The fourth-order valence-electron chi connectivity index (χ4n) is 2.71. The normalized spacial score (nSPS) is 10.9. The maximum Gasteiger partial charge on any atom is 0.283 e. The second kappa shape index (κ2) is 9.10. The van der Waals surface area contributed by atoms with Gasteiger partial charge in [0.1, 0.15) is 0 Å². The molecule has 0 fully saturated rings. The molecule has 0 unspecified atom stereocenters. The molecule has 140 valence electrons. The monoisotopic (exact) mass is 399 g/mol. The Morgan fingerprint density at radius 1 is 1.15 bits per heavy atom. The van der Waals surface area contributed by atoms with Crippen LogP contribution in [0.15, 0.2) is 63.2 Å². The van der Waals surface area contributed by atoms with Crippen LogP contribution in [-0.4, -0.2) is 27.5 Å². The summed E-state index contributed by atoms with van der Waals surface area (Å²) in [4.78, 5) is 30.4. The van der Waals surface area contributed by atoms with Crippen LogP contribution in [0.2, 0.25) is 0 Å². The average molecular weight is 400 g/mol. The number of thioether (sulfide) groups is 2. The second-order valence-corrected chi connectivity index (χ2v) is 7.71. The van der Waals surface area contributed by atoms with Gasteiger partial charge in [-0.3, -0.25) is 9.59 Å². The number of benzene rings is 2. The van der Waals surface area contributed by atoms with Crippen LogP contribution < -0.4 is 10.9 Å². The lowest BCUT2D eigenvalue weighted by Gasteiger charge is -2.10. The molecule has 0 aliphatic heterocycles. The van der Waals surface area contributed by atoms with Gasteiger partial charge in [-0.2, -0.15) is 0 Å². The van der Waals surface area contributed by atoms with Crippen molar-refractivity contribution in [1.29, 1.82) is 0 Å². The zero-order valence-corrected chi connectivity index (χ0v) is 16.9. The Balaban J connectivity index is 1.64. The van der Waals surface area contributed by atoms with Crippen molar-refractivity contribution in [2.75, 3.05) is 12.0 Å². The largest absolute Gasteiger partial charge is 0.351 e. The summed E-state index contributed by atoms with van der Waals surface area (Å²) in [6, 6.07) is 15.6. The average Bonchev–Trinajstić information content (AvgIpc) is 2.71.